The minimum Gasteiger partial charge on any atom is -0.299 e. The van der Waals surface area contributed by atoms with Gasteiger partial charge in [-0.1, -0.05) is 55.0 Å². The molecule has 0 aromatic carbocycles. The van der Waals surface area contributed by atoms with E-state index in [1.54, 1.807) is 0 Å². The number of rotatable bonds is 4. The van der Waals surface area contributed by atoms with Crippen LogP contribution in [0.2, 0.25) is 0 Å². The van der Waals surface area contributed by atoms with Gasteiger partial charge in [0, 0.05) is 6.42 Å². The molecule has 0 saturated heterocycles. The number of carbonyl (C=O) groups is 1. The fourth-order valence-corrected chi connectivity index (χ4v) is 2.04. The van der Waals surface area contributed by atoms with Crippen LogP contribution in [-0.4, -0.2) is 5.78 Å². The molecule has 1 heteroatoms. The highest BCUT2D eigenvalue weighted by atomic mass is 16.1. The van der Waals surface area contributed by atoms with Gasteiger partial charge in [0.1, 0.15) is 5.78 Å². The van der Waals surface area contributed by atoms with E-state index in [9.17, 15) is 4.79 Å². The van der Waals surface area contributed by atoms with Crippen molar-refractivity contribution in [3.8, 4) is 0 Å². The van der Waals surface area contributed by atoms with E-state index in [0.717, 1.165) is 6.42 Å². The van der Waals surface area contributed by atoms with E-state index in [1.165, 1.54) is 5.57 Å². The van der Waals surface area contributed by atoms with Crippen LogP contribution in [0, 0.1) is 11.8 Å². The Hall–Kier alpha value is -1.37. The Morgan fingerprint density at radius 3 is 2.73 bits per heavy atom. The lowest BCUT2D eigenvalue weighted by atomic mass is 9.90. The van der Waals surface area contributed by atoms with Crippen LogP contribution in [0.5, 0.6) is 0 Å². The average Bonchev–Trinajstić information content (AvgIpc) is 2.91. The van der Waals surface area contributed by atoms with Crippen LogP contribution in [0.3, 0.4) is 0 Å². The summed E-state index contributed by atoms with van der Waals surface area (Å²) in [7, 11) is 0. The van der Waals surface area contributed by atoms with Crippen LogP contribution in [0.15, 0.2) is 48.1 Å². The van der Waals surface area contributed by atoms with Crippen LogP contribution in [0.25, 0.3) is 0 Å². The smallest absolute Gasteiger partial charge is 0.144 e. The van der Waals surface area contributed by atoms with E-state index >= 15 is 0 Å². The van der Waals surface area contributed by atoms with Gasteiger partial charge in [0.25, 0.3) is 0 Å². The van der Waals surface area contributed by atoms with E-state index < -0.39 is 0 Å². The topological polar surface area (TPSA) is 17.1 Å². The number of allylic oxidation sites excluding steroid dienone is 8. The molecule has 0 aromatic heterocycles. The zero-order chi connectivity index (χ0) is 10.7. The van der Waals surface area contributed by atoms with Gasteiger partial charge in [-0.2, -0.15) is 0 Å². The molecule has 0 radical (unpaired) electrons. The predicted molar refractivity (Wildman–Crippen MR) is 62.4 cm³/mol. The molecule has 0 amide bonds. The summed E-state index contributed by atoms with van der Waals surface area (Å²) < 4.78 is 0. The van der Waals surface area contributed by atoms with Crippen molar-refractivity contribution in [2.45, 2.75) is 19.8 Å². The van der Waals surface area contributed by atoms with Crippen molar-refractivity contribution in [2.24, 2.45) is 11.8 Å². The molecular formula is C14H16O. The molecule has 0 N–H and O–H groups in total. The molecule has 0 spiro atoms. The van der Waals surface area contributed by atoms with Gasteiger partial charge in [0.15, 0.2) is 0 Å². The molecule has 78 valence electrons. The highest BCUT2D eigenvalue weighted by Crippen LogP contribution is 2.25. The Morgan fingerprint density at radius 2 is 2.13 bits per heavy atom. The zero-order valence-electron chi connectivity index (χ0n) is 9.02. The predicted octanol–water partition coefficient (Wildman–Crippen LogP) is 3.21. The van der Waals surface area contributed by atoms with Gasteiger partial charge >= 0.3 is 0 Å². The third-order valence-corrected chi connectivity index (χ3v) is 3.06. The summed E-state index contributed by atoms with van der Waals surface area (Å²) in [6.45, 7) is 2.14. The van der Waals surface area contributed by atoms with E-state index in [-0.39, 0.29) is 5.92 Å². The maximum Gasteiger partial charge on any atom is 0.144 e. The first kappa shape index (κ1) is 10.2. The van der Waals surface area contributed by atoms with Crippen LogP contribution < -0.4 is 0 Å². The summed E-state index contributed by atoms with van der Waals surface area (Å²) in [5.74, 6) is 0.748. The minimum atomic E-state index is 0.0300. The first-order valence-corrected chi connectivity index (χ1v) is 5.50. The molecule has 0 unspecified atom stereocenters. The Labute approximate surface area is 90.9 Å². The van der Waals surface area contributed by atoms with Gasteiger partial charge in [0.2, 0.25) is 0 Å². The van der Waals surface area contributed by atoms with Crippen LogP contribution >= 0.6 is 0 Å². The van der Waals surface area contributed by atoms with Crippen molar-refractivity contribution in [3.05, 3.63) is 48.1 Å². The fourth-order valence-electron chi connectivity index (χ4n) is 2.04. The first-order valence-electron chi connectivity index (χ1n) is 5.50. The third-order valence-electron chi connectivity index (χ3n) is 3.06. The van der Waals surface area contributed by atoms with Crippen LogP contribution in [0.4, 0.5) is 0 Å². The molecule has 0 bridgehead atoms. The Kier molecular flexibility index (Phi) is 3.00. The summed E-state index contributed by atoms with van der Waals surface area (Å²) in [5.41, 5.74) is 1.38. The summed E-state index contributed by atoms with van der Waals surface area (Å²) in [6, 6.07) is 0. The molecule has 1 nitrogen and oxygen atoms in total. The quantitative estimate of drug-likeness (QED) is 0.681. The molecule has 1 atom stereocenters. The molecule has 15 heavy (non-hydrogen) atoms. The Bertz CT molecular complexity index is 357. The van der Waals surface area contributed by atoms with Crippen LogP contribution in [0.1, 0.15) is 19.8 Å². The summed E-state index contributed by atoms with van der Waals surface area (Å²) in [6.07, 6.45) is 15.9. The summed E-state index contributed by atoms with van der Waals surface area (Å²) in [5, 5.41) is 0. The average molecular weight is 200 g/mol. The van der Waals surface area contributed by atoms with Gasteiger partial charge in [-0.05, 0) is 12.3 Å². The molecule has 2 aliphatic carbocycles. The minimum absolute atomic E-state index is 0.0300. The molecule has 2 rings (SSSR count). The van der Waals surface area contributed by atoms with E-state index in [4.69, 9.17) is 0 Å². The van der Waals surface area contributed by atoms with Gasteiger partial charge in [-0.25, -0.2) is 0 Å². The Morgan fingerprint density at radius 1 is 1.40 bits per heavy atom. The third kappa shape index (κ3) is 2.35. The second-order valence-electron chi connectivity index (χ2n) is 4.24. The lowest BCUT2D eigenvalue weighted by Gasteiger charge is -2.13. The van der Waals surface area contributed by atoms with Crippen molar-refractivity contribution >= 4 is 5.78 Å². The largest absolute Gasteiger partial charge is 0.299 e. The normalized spacial score (nSPS) is 21.0. The van der Waals surface area contributed by atoms with Gasteiger partial charge < -0.3 is 0 Å². The van der Waals surface area contributed by atoms with Crippen molar-refractivity contribution in [1.29, 1.82) is 0 Å². The maximum atomic E-state index is 11.9. The number of carbonyl (C=O) groups excluding carboxylic acids is 1. The molecule has 2 aliphatic rings. The van der Waals surface area contributed by atoms with Crippen molar-refractivity contribution in [2.75, 3.05) is 0 Å². The number of hydrogen-bond donors (Lipinski definition) is 0. The maximum absolute atomic E-state index is 11.9. The van der Waals surface area contributed by atoms with Crippen LogP contribution in [-0.2, 0) is 4.79 Å². The summed E-state index contributed by atoms with van der Waals surface area (Å²) in [4.78, 5) is 11.9. The monoisotopic (exact) mass is 200 g/mol. The standard InChI is InChI=1S/C14H16O/c1-11(12-6-2-3-7-12)10-14(15)13-8-4-5-9-13/h2-6,8-9,11,13H,7,10H2,1H3/t11-/m0/s1. The second-order valence-corrected chi connectivity index (χ2v) is 4.24. The highest BCUT2D eigenvalue weighted by Gasteiger charge is 2.19. The molecular weight excluding hydrogens is 184 g/mol. The van der Waals surface area contributed by atoms with E-state index in [2.05, 4.69) is 25.2 Å². The van der Waals surface area contributed by atoms with Gasteiger partial charge in [-0.15, -0.1) is 0 Å². The number of ketones is 1. The number of Topliss-reactive ketones (excluding diaryl/α,β-unsaturated/α-hetero) is 1. The molecule has 0 aromatic rings. The molecule has 0 aliphatic heterocycles. The van der Waals surface area contributed by atoms with Gasteiger partial charge in [-0.3, -0.25) is 4.79 Å². The van der Waals surface area contributed by atoms with E-state index in [1.807, 2.05) is 24.3 Å². The number of hydrogen-bond acceptors (Lipinski definition) is 1. The van der Waals surface area contributed by atoms with E-state index in [0.29, 0.717) is 18.1 Å². The van der Waals surface area contributed by atoms with Gasteiger partial charge in [0.05, 0.1) is 5.92 Å². The highest BCUT2D eigenvalue weighted by molar-refractivity contribution is 5.85. The Balaban J connectivity index is 1.88. The first-order chi connectivity index (χ1) is 7.27. The van der Waals surface area contributed by atoms with Crippen molar-refractivity contribution in [1.82, 2.24) is 0 Å². The lowest BCUT2D eigenvalue weighted by molar-refractivity contribution is -0.120. The lowest BCUT2D eigenvalue weighted by Crippen LogP contribution is -2.13. The fraction of sp³-hybridized carbons (Fsp3) is 0.357. The zero-order valence-corrected chi connectivity index (χ0v) is 9.02. The summed E-state index contributed by atoms with van der Waals surface area (Å²) >= 11 is 0. The van der Waals surface area contributed by atoms with Crippen molar-refractivity contribution in [3.63, 3.8) is 0 Å². The molecule has 0 saturated carbocycles. The SMILES string of the molecule is C[C@@H](CC(=O)C1C=CC=C1)C1=CC=CC1. The second kappa shape index (κ2) is 4.43. The molecule has 0 fully saturated rings. The van der Waals surface area contributed by atoms with Crippen molar-refractivity contribution < 1.29 is 4.79 Å². The molecule has 0 heterocycles.